The number of nitrogens with zero attached hydrogens (tertiary/aromatic N) is 12. The highest BCUT2D eigenvalue weighted by molar-refractivity contribution is 6.15. The SMILES string of the molecule is Cc1ccnc2c3cc(C4CCCCC4)ccc3[n+]3c4ccc(C5CCCCC5)cc4n(C)c3c12.Cc1ccnc2c3cc(C4CCCCC4)ccc3n3c4cc(C5CCCCC5)ccc4[n+](C)c3c12.Cc1ccnc2c3ccc(C4CCCCC4)cc3n3c4cc(C5CCCCC5)ccc4[n+](C)c3c12.Cc1ccnc2c3ccc(C4CCCCC4)cc3n3c4ccc(C5CCCCC5)cc4[n+](C)c3c12. The largest absolute Gasteiger partial charge is 0.297 e. The molecule has 8 fully saturated rings. The molecule has 0 amide bonds. The predicted molar refractivity (Wildman–Crippen MR) is 581 cm³/mol. The molecule has 0 atom stereocenters. The summed E-state index contributed by atoms with van der Waals surface area (Å²) in [4.78, 5) is 19.8. The van der Waals surface area contributed by atoms with Crippen molar-refractivity contribution in [2.75, 3.05) is 0 Å². The van der Waals surface area contributed by atoms with Crippen LogP contribution < -0.4 is 18.1 Å². The Kier molecular flexibility index (Phi) is 24.1. The molecule has 0 radical (unpaired) electrons. The topological polar surface area (TPSA) is 85.5 Å². The highest BCUT2D eigenvalue weighted by Gasteiger charge is 2.36. The first-order valence-corrected chi connectivity index (χ1v) is 55.4. The maximum atomic E-state index is 4.98. The van der Waals surface area contributed by atoms with E-state index in [0.29, 0.717) is 47.3 Å². The van der Waals surface area contributed by atoms with Crippen LogP contribution in [0.25, 0.3) is 154 Å². The van der Waals surface area contributed by atoms with Gasteiger partial charge in [0.25, 0.3) is 22.6 Å². The number of hydrogen-bond donors (Lipinski definition) is 0. The quantitative estimate of drug-likeness (QED) is 0.112. The molecule has 140 heavy (non-hydrogen) atoms. The van der Waals surface area contributed by atoms with Gasteiger partial charge in [0.05, 0.1) is 71.8 Å². The van der Waals surface area contributed by atoms with Crippen LogP contribution in [0, 0.1) is 27.7 Å². The minimum absolute atomic E-state index is 0.692. The second-order valence-electron chi connectivity index (χ2n) is 45.1. The molecule has 0 N–H and O–H groups in total. The third-order valence-electron chi connectivity index (χ3n) is 36.7. The maximum absolute atomic E-state index is 4.98. The van der Waals surface area contributed by atoms with Gasteiger partial charge in [-0.05, 0) is 366 Å². The second-order valence-corrected chi connectivity index (χ2v) is 45.1. The Hall–Kier alpha value is -11.8. The second kappa shape index (κ2) is 37.6. The van der Waals surface area contributed by atoms with Crippen molar-refractivity contribution in [3.8, 4) is 0 Å². The summed E-state index contributed by atoms with van der Waals surface area (Å²) < 4.78 is 19.8. The molecule has 8 aromatic carbocycles. The van der Waals surface area contributed by atoms with Gasteiger partial charge in [-0.15, -0.1) is 0 Å². The zero-order valence-corrected chi connectivity index (χ0v) is 84.7. The van der Waals surface area contributed by atoms with Gasteiger partial charge in [-0.25, -0.2) is 18.3 Å². The van der Waals surface area contributed by atoms with Gasteiger partial charge in [-0.1, -0.05) is 203 Å². The predicted octanol–water partition coefficient (Wildman–Crippen LogP) is 32.1. The van der Waals surface area contributed by atoms with Crippen LogP contribution in [0.1, 0.15) is 371 Å². The summed E-state index contributed by atoms with van der Waals surface area (Å²) in [5.41, 5.74) is 42.7. The van der Waals surface area contributed by atoms with Crippen molar-refractivity contribution < 1.29 is 18.1 Å². The Morgan fingerprint density at radius 2 is 0.471 bits per heavy atom. The summed E-state index contributed by atoms with van der Waals surface area (Å²) in [5.74, 6) is 5.61. The molecule has 0 aliphatic heterocycles. The molecule has 12 heterocycles. The van der Waals surface area contributed by atoms with Crippen LogP contribution in [0.4, 0.5) is 0 Å². The minimum atomic E-state index is 0.692. The fraction of sp³-hybridized carbons (Fsp3) is 0.438. The monoisotopic (exact) mass is 1850 g/mol. The first-order chi connectivity index (χ1) is 68.8. The van der Waals surface area contributed by atoms with Gasteiger partial charge in [0.2, 0.25) is 0 Å². The lowest BCUT2D eigenvalue weighted by Gasteiger charge is -2.22. The van der Waals surface area contributed by atoms with Crippen molar-refractivity contribution in [1.82, 2.24) is 37.7 Å². The summed E-state index contributed by atoms with van der Waals surface area (Å²) in [7, 11) is 8.97. The van der Waals surface area contributed by atoms with E-state index in [-0.39, 0.29) is 0 Å². The molecule has 712 valence electrons. The van der Waals surface area contributed by atoms with Gasteiger partial charge < -0.3 is 0 Å². The highest BCUT2D eigenvalue weighted by Crippen LogP contribution is 2.48. The summed E-state index contributed by atoms with van der Waals surface area (Å²) >= 11 is 0. The van der Waals surface area contributed by atoms with Crippen molar-refractivity contribution in [3.05, 3.63) is 261 Å². The molecular formula is C128H144N12+4. The number of hydrogen-bond acceptors (Lipinski definition) is 4. The molecule has 20 aromatic rings. The van der Waals surface area contributed by atoms with Crippen LogP contribution in [0.5, 0.6) is 0 Å². The van der Waals surface area contributed by atoms with E-state index in [0.717, 1.165) is 22.1 Å². The van der Waals surface area contributed by atoms with Crippen LogP contribution in [-0.2, 0) is 28.2 Å². The van der Waals surface area contributed by atoms with Gasteiger partial charge in [0.1, 0.15) is 22.1 Å². The Morgan fingerprint density at radius 1 is 0.214 bits per heavy atom. The van der Waals surface area contributed by atoms with E-state index < -0.39 is 0 Å². The van der Waals surface area contributed by atoms with E-state index in [2.05, 4.69) is 262 Å². The molecule has 0 spiro atoms. The first-order valence-electron chi connectivity index (χ1n) is 55.4. The van der Waals surface area contributed by atoms with Gasteiger partial charge >= 0.3 is 0 Å². The van der Waals surface area contributed by atoms with Crippen LogP contribution in [0.2, 0.25) is 0 Å². The zero-order valence-electron chi connectivity index (χ0n) is 84.7. The Morgan fingerprint density at radius 3 is 0.843 bits per heavy atom. The van der Waals surface area contributed by atoms with E-state index in [4.69, 9.17) is 19.9 Å². The Balaban J connectivity index is 0.0000000985. The number of rotatable bonds is 8. The fourth-order valence-electron chi connectivity index (χ4n) is 29.1. The summed E-state index contributed by atoms with van der Waals surface area (Å²) in [6.45, 7) is 8.95. The minimum Gasteiger partial charge on any atom is -0.255 e. The lowest BCUT2D eigenvalue weighted by atomic mass is 9.83. The van der Waals surface area contributed by atoms with Crippen molar-refractivity contribution in [1.29, 1.82) is 0 Å². The molecule has 8 aliphatic carbocycles. The van der Waals surface area contributed by atoms with Gasteiger partial charge in [-0.2, -0.15) is 17.6 Å². The van der Waals surface area contributed by atoms with Crippen molar-refractivity contribution in [3.63, 3.8) is 0 Å². The third-order valence-corrected chi connectivity index (χ3v) is 36.7. The van der Waals surface area contributed by atoms with Crippen LogP contribution in [0.3, 0.4) is 0 Å². The van der Waals surface area contributed by atoms with Crippen molar-refractivity contribution in [2.24, 2.45) is 28.2 Å². The molecule has 12 nitrogen and oxygen atoms in total. The van der Waals surface area contributed by atoms with E-state index in [9.17, 15) is 0 Å². The summed E-state index contributed by atoms with van der Waals surface area (Å²) in [6, 6.07) is 66.9. The molecule has 0 saturated heterocycles. The molecule has 0 bridgehead atoms. The first kappa shape index (κ1) is 89.6. The van der Waals surface area contributed by atoms with Gasteiger partial charge in [0.15, 0.2) is 44.1 Å². The molecule has 8 aliphatic rings. The number of benzene rings is 8. The number of aryl methyl sites for hydroxylation is 8. The number of imidazole rings is 4. The molecular weight excluding hydrogens is 1710 g/mol. The van der Waals surface area contributed by atoms with Crippen LogP contribution in [0.15, 0.2) is 195 Å². The number of pyridine rings is 8. The van der Waals surface area contributed by atoms with Gasteiger partial charge in [-0.3, -0.25) is 19.9 Å². The molecule has 12 heteroatoms. The van der Waals surface area contributed by atoms with E-state index >= 15 is 0 Å². The molecule has 8 saturated carbocycles. The Labute approximate surface area is 825 Å². The standard InChI is InChI=1S/4C32H36N3/c1-21-17-18-33-31-26-19-24(22-9-5-3-6-10-22)13-15-27(26)35-28-16-14-25(23-11-7-4-8-12-23)20-29(28)34(2)32(35)30(21)31;1-21-17-18-33-31-26-19-24(22-9-5-3-6-10-22)13-15-27(26)35-29-20-25(23-11-7-4-8-12-23)14-16-28(29)34(2)32(35)30(21)31;1-21-17-18-33-31-26-15-13-24(22-9-5-3-6-10-22)19-28(26)35-27-16-14-25(23-11-7-4-8-12-23)20-29(27)34(2)32(35)30(21)31;1-21-17-18-33-31-26-15-13-24(22-9-5-3-6-10-22)19-28(26)35-29-20-25(23-11-7-4-8-12-23)14-16-27(29)34(2)32(35)30(21)31/h4*13-20,22-23H,3-12H2,1-2H3/q4*+1. The molecule has 0 unspecified atom stereocenters. The number of aromatic nitrogens is 12. The lowest BCUT2D eigenvalue weighted by Crippen LogP contribution is -2.28. The average Bonchev–Trinajstić information content (AvgIpc) is 1.60. The van der Waals surface area contributed by atoms with Crippen LogP contribution >= 0.6 is 0 Å². The van der Waals surface area contributed by atoms with Crippen molar-refractivity contribution >= 4 is 154 Å². The van der Waals surface area contributed by atoms with Crippen molar-refractivity contribution in [2.45, 2.75) is 332 Å². The highest BCUT2D eigenvalue weighted by atomic mass is 15.1. The summed E-state index contributed by atoms with van der Waals surface area (Å²) in [6.07, 6.45) is 62.2. The maximum Gasteiger partial charge on any atom is 0.297 e. The molecule has 12 aromatic heterocycles. The van der Waals surface area contributed by atoms with E-state index in [1.165, 1.54) is 455 Å². The van der Waals surface area contributed by atoms with Gasteiger partial charge in [0, 0.05) is 46.3 Å². The van der Waals surface area contributed by atoms with E-state index in [1.807, 2.05) is 24.8 Å². The lowest BCUT2D eigenvalue weighted by molar-refractivity contribution is -0.617. The zero-order chi connectivity index (χ0) is 94.1. The van der Waals surface area contributed by atoms with Crippen LogP contribution in [-0.4, -0.2) is 37.7 Å². The van der Waals surface area contributed by atoms with E-state index in [1.54, 1.807) is 0 Å². The third kappa shape index (κ3) is 15.6. The Bertz CT molecular complexity index is 8150. The molecule has 28 rings (SSSR count). The fourth-order valence-corrected chi connectivity index (χ4v) is 29.1. The normalized spacial score (nSPS) is 18.3. The summed E-state index contributed by atoms with van der Waals surface area (Å²) in [5, 5.41) is 10.3. The smallest absolute Gasteiger partial charge is 0.255 e. The number of fused-ring (bicyclic) bond motifs is 32. The average molecular weight is 1850 g/mol.